The van der Waals surface area contributed by atoms with Crippen LogP contribution in [-0.4, -0.2) is 27.6 Å². The first kappa shape index (κ1) is 22.6. The molecule has 10 heteroatoms. The zero-order chi connectivity index (χ0) is 22.4. The maximum absolute atomic E-state index is 12.6. The summed E-state index contributed by atoms with van der Waals surface area (Å²) >= 11 is 11.8. The van der Waals surface area contributed by atoms with E-state index in [4.69, 9.17) is 32.1 Å². The molecule has 3 aromatic carbocycles. The molecule has 0 heterocycles. The van der Waals surface area contributed by atoms with Crippen LogP contribution in [0.1, 0.15) is 15.9 Å². The number of ether oxygens (including phenoxy) is 1. The van der Waals surface area contributed by atoms with Gasteiger partial charge in [-0.3, -0.25) is 4.79 Å². The minimum Gasteiger partial charge on any atom is -0.493 e. The summed E-state index contributed by atoms with van der Waals surface area (Å²) in [6, 6.07) is 16.8. The van der Waals surface area contributed by atoms with Crippen LogP contribution < -0.4 is 14.3 Å². The maximum Gasteiger partial charge on any atom is 0.339 e. The predicted octanol–water partition coefficient (Wildman–Crippen LogP) is 4.53. The first-order chi connectivity index (χ1) is 14.8. The van der Waals surface area contributed by atoms with E-state index in [9.17, 15) is 13.2 Å². The second-order valence-corrected chi connectivity index (χ2v) is 8.42. The highest BCUT2D eigenvalue weighted by atomic mass is 35.5. The van der Waals surface area contributed by atoms with Gasteiger partial charge in [0.15, 0.2) is 11.5 Å². The van der Waals surface area contributed by atoms with Gasteiger partial charge in [0.05, 0.1) is 23.4 Å². The SMILES string of the molecule is COc1cccc(/C=N\NC(=O)c2ccc(Cl)c(Cl)c2)c1OS(=O)(=O)c1ccccc1. The average Bonchev–Trinajstić information content (AvgIpc) is 2.77. The number of hydrogen-bond acceptors (Lipinski definition) is 6. The van der Waals surface area contributed by atoms with E-state index in [1.807, 2.05) is 0 Å². The third-order valence-electron chi connectivity index (χ3n) is 4.01. The molecule has 1 amide bonds. The van der Waals surface area contributed by atoms with Crippen molar-refractivity contribution in [2.75, 3.05) is 7.11 Å². The van der Waals surface area contributed by atoms with Gasteiger partial charge < -0.3 is 8.92 Å². The lowest BCUT2D eigenvalue weighted by atomic mass is 10.2. The molecule has 0 unspecified atom stereocenters. The average molecular weight is 479 g/mol. The molecule has 0 aromatic heterocycles. The van der Waals surface area contributed by atoms with E-state index in [0.29, 0.717) is 5.02 Å². The number of carbonyl (C=O) groups excluding carboxylic acids is 1. The number of halogens is 2. The van der Waals surface area contributed by atoms with Crippen molar-refractivity contribution in [2.24, 2.45) is 5.10 Å². The first-order valence-corrected chi connectivity index (χ1v) is 10.9. The molecule has 3 aromatic rings. The molecule has 0 aliphatic rings. The number of amides is 1. The van der Waals surface area contributed by atoms with Crippen molar-refractivity contribution in [2.45, 2.75) is 4.90 Å². The molecule has 7 nitrogen and oxygen atoms in total. The van der Waals surface area contributed by atoms with Crippen LogP contribution in [-0.2, 0) is 10.1 Å². The topological polar surface area (TPSA) is 94.1 Å². The van der Waals surface area contributed by atoms with Crippen LogP contribution >= 0.6 is 23.2 Å². The maximum atomic E-state index is 12.6. The highest BCUT2D eigenvalue weighted by Crippen LogP contribution is 2.32. The van der Waals surface area contributed by atoms with Gasteiger partial charge in [-0.1, -0.05) is 47.5 Å². The Morgan fingerprint density at radius 3 is 2.42 bits per heavy atom. The lowest BCUT2D eigenvalue weighted by Crippen LogP contribution is -2.17. The number of nitrogens with one attached hydrogen (secondary N) is 1. The predicted molar refractivity (Wildman–Crippen MR) is 119 cm³/mol. The van der Waals surface area contributed by atoms with Gasteiger partial charge >= 0.3 is 10.1 Å². The summed E-state index contributed by atoms with van der Waals surface area (Å²) in [6.45, 7) is 0. The van der Waals surface area contributed by atoms with Crippen molar-refractivity contribution in [1.82, 2.24) is 5.43 Å². The summed E-state index contributed by atoms with van der Waals surface area (Å²) < 4.78 is 35.8. The summed E-state index contributed by atoms with van der Waals surface area (Å²) in [7, 11) is -2.74. The van der Waals surface area contributed by atoms with E-state index in [1.54, 1.807) is 36.4 Å². The smallest absolute Gasteiger partial charge is 0.339 e. The van der Waals surface area contributed by atoms with E-state index in [2.05, 4.69) is 10.5 Å². The fraction of sp³-hybridized carbons (Fsp3) is 0.0476. The molecule has 160 valence electrons. The molecule has 0 bridgehead atoms. The Balaban J connectivity index is 1.85. The van der Waals surface area contributed by atoms with Crippen molar-refractivity contribution >= 4 is 45.4 Å². The van der Waals surface area contributed by atoms with Crippen molar-refractivity contribution in [3.05, 3.63) is 87.9 Å². The first-order valence-electron chi connectivity index (χ1n) is 8.77. The van der Waals surface area contributed by atoms with Crippen LogP contribution in [0.25, 0.3) is 0 Å². The summed E-state index contributed by atoms with van der Waals surface area (Å²) in [5.41, 5.74) is 2.86. The number of rotatable bonds is 7. The quantitative estimate of drug-likeness (QED) is 0.305. The van der Waals surface area contributed by atoms with E-state index in [1.165, 1.54) is 43.7 Å². The molecule has 0 saturated heterocycles. The number of benzene rings is 3. The van der Waals surface area contributed by atoms with E-state index < -0.39 is 16.0 Å². The Labute approximate surface area is 189 Å². The number of methoxy groups -OCH3 is 1. The molecular weight excluding hydrogens is 463 g/mol. The zero-order valence-electron chi connectivity index (χ0n) is 16.1. The molecule has 0 atom stereocenters. The highest BCUT2D eigenvalue weighted by molar-refractivity contribution is 7.87. The highest BCUT2D eigenvalue weighted by Gasteiger charge is 2.21. The number of hydrazone groups is 1. The third-order valence-corrected chi connectivity index (χ3v) is 5.98. The Morgan fingerprint density at radius 1 is 1.00 bits per heavy atom. The van der Waals surface area contributed by atoms with Crippen molar-refractivity contribution < 1.29 is 22.1 Å². The van der Waals surface area contributed by atoms with Crippen LogP contribution in [0.4, 0.5) is 0 Å². The standard InChI is InChI=1S/C21H16Cl2N2O5S/c1-29-19-9-5-6-15(20(19)30-31(27,28)16-7-3-2-4-8-16)13-24-25-21(26)14-10-11-17(22)18(23)12-14/h2-13H,1H3,(H,25,26)/b24-13-. The van der Waals surface area contributed by atoms with Crippen LogP contribution in [0.3, 0.4) is 0 Å². The van der Waals surface area contributed by atoms with Crippen LogP contribution in [0.2, 0.25) is 10.0 Å². The summed E-state index contributed by atoms with van der Waals surface area (Å²) in [4.78, 5) is 12.2. The molecule has 0 aliphatic carbocycles. The lowest BCUT2D eigenvalue weighted by Gasteiger charge is -2.13. The summed E-state index contributed by atoms with van der Waals surface area (Å²) in [5, 5.41) is 4.43. The normalized spacial score (nSPS) is 11.3. The van der Waals surface area contributed by atoms with E-state index in [-0.39, 0.29) is 32.5 Å². The minimum absolute atomic E-state index is 0.0169. The summed E-state index contributed by atoms with van der Waals surface area (Å²) in [5.74, 6) is -0.419. The number of para-hydroxylation sites is 1. The van der Waals surface area contributed by atoms with Gasteiger partial charge in [-0.05, 0) is 42.5 Å². The molecule has 31 heavy (non-hydrogen) atoms. The Kier molecular flexibility index (Phi) is 7.17. The molecule has 0 saturated carbocycles. The number of carbonyl (C=O) groups is 1. The third kappa shape index (κ3) is 5.55. The Morgan fingerprint density at radius 2 is 1.74 bits per heavy atom. The lowest BCUT2D eigenvalue weighted by molar-refractivity contribution is 0.0955. The molecule has 0 radical (unpaired) electrons. The van der Waals surface area contributed by atoms with E-state index >= 15 is 0 Å². The molecule has 3 rings (SSSR count). The van der Waals surface area contributed by atoms with Gasteiger partial charge in [-0.15, -0.1) is 0 Å². The fourth-order valence-electron chi connectivity index (χ4n) is 2.49. The second-order valence-electron chi connectivity index (χ2n) is 6.06. The Bertz CT molecular complexity index is 1230. The fourth-order valence-corrected chi connectivity index (χ4v) is 3.77. The van der Waals surface area contributed by atoms with Crippen LogP contribution in [0.5, 0.6) is 11.5 Å². The van der Waals surface area contributed by atoms with Crippen molar-refractivity contribution in [3.63, 3.8) is 0 Å². The van der Waals surface area contributed by atoms with E-state index in [0.717, 1.165) is 0 Å². The van der Waals surface area contributed by atoms with Gasteiger partial charge in [0.1, 0.15) is 4.90 Å². The van der Waals surface area contributed by atoms with Gasteiger partial charge in [0, 0.05) is 11.1 Å². The second kappa shape index (κ2) is 9.82. The van der Waals surface area contributed by atoms with Gasteiger partial charge in [-0.2, -0.15) is 13.5 Å². The molecule has 0 spiro atoms. The largest absolute Gasteiger partial charge is 0.493 e. The molecular formula is C21H16Cl2N2O5S. The Hall–Kier alpha value is -3.07. The van der Waals surface area contributed by atoms with Gasteiger partial charge in [0.25, 0.3) is 5.91 Å². The molecule has 0 fully saturated rings. The zero-order valence-corrected chi connectivity index (χ0v) is 18.4. The van der Waals surface area contributed by atoms with Gasteiger partial charge in [0.2, 0.25) is 0 Å². The molecule has 0 aliphatic heterocycles. The van der Waals surface area contributed by atoms with Crippen molar-refractivity contribution in [1.29, 1.82) is 0 Å². The number of hydrogen-bond donors (Lipinski definition) is 1. The van der Waals surface area contributed by atoms with Crippen LogP contribution in [0, 0.1) is 0 Å². The monoisotopic (exact) mass is 478 g/mol. The minimum atomic E-state index is -4.12. The summed E-state index contributed by atoms with van der Waals surface area (Å²) in [6.07, 6.45) is 1.24. The van der Waals surface area contributed by atoms with Crippen molar-refractivity contribution in [3.8, 4) is 11.5 Å². The van der Waals surface area contributed by atoms with Gasteiger partial charge in [-0.25, -0.2) is 5.43 Å². The van der Waals surface area contributed by atoms with Crippen LogP contribution in [0.15, 0.2) is 76.7 Å². The number of nitrogens with zero attached hydrogens (tertiary/aromatic N) is 1. The molecule has 1 N–H and O–H groups in total.